The van der Waals surface area contributed by atoms with Crippen LogP contribution in [0.15, 0.2) is 64.8 Å². The van der Waals surface area contributed by atoms with Crippen molar-refractivity contribution < 1.29 is 0 Å². The van der Waals surface area contributed by atoms with Gasteiger partial charge in [0.25, 0.3) is 5.56 Å². The van der Waals surface area contributed by atoms with Gasteiger partial charge in [0.1, 0.15) is 0 Å². The summed E-state index contributed by atoms with van der Waals surface area (Å²) < 4.78 is 1.53. The van der Waals surface area contributed by atoms with Crippen molar-refractivity contribution in [3.63, 3.8) is 0 Å². The molecule has 20 heavy (non-hydrogen) atoms. The second kappa shape index (κ2) is 5.75. The van der Waals surface area contributed by atoms with E-state index in [0.29, 0.717) is 10.9 Å². The van der Waals surface area contributed by atoms with Crippen molar-refractivity contribution in [2.24, 2.45) is 0 Å². The second-order valence-electron chi connectivity index (χ2n) is 4.11. The molecule has 3 aromatic rings. The zero-order valence-corrected chi connectivity index (χ0v) is 11.4. The van der Waals surface area contributed by atoms with Crippen molar-refractivity contribution in [1.82, 2.24) is 19.7 Å². The van der Waals surface area contributed by atoms with Gasteiger partial charge in [-0.05, 0) is 18.2 Å². The number of hydrogen-bond acceptors (Lipinski definition) is 4. The van der Waals surface area contributed by atoms with Crippen LogP contribution in [-0.2, 0) is 5.75 Å². The predicted octanol–water partition coefficient (Wildman–Crippen LogP) is 2.25. The highest BCUT2D eigenvalue weighted by Crippen LogP contribution is 2.16. The summed E-state index contributed by atoms with van der Waals surface area (Å²) in [6, 6.07) is 12.9. The number of hydrogen-bond donors (Lipinski definition) is 1. The van der Waals surface area contributed by atoms with Gasteiger partial charge in [0, 0.05) is 29.9 Å². The highest BCUT2D eigenvalue weighted by molar-refractivity contribution is 7.98. The van der Waals surface area contributed by atoms with Gasteiger partial charge in [-0.15, -0.1) is 0 Å². The first kappa shape index (κ1) is 12.7. The van der Waals surface area contributed by atoms with Crippen LogP contribution in [-0.4, -0.2) is 19.7 Å². The molecule has 0 aliphatic heterocycles. The molecule has 100 valence electrons. The van der Waals surface area contributed by atoms with Crippen LogP contribution in [0.1, 0.15) is 5.69 Å². The summed E-state index contributed by atoms with van der Waals surface area (Å²) in [5.41, 5.74) is 1.60. The fourth-order valence-electron chi connectivity index (χ4n) is 1.79. The van der Waals surface area contributed by atoms with Crippen molar-refractivity contribution in [1.29, 1.82) is 0 Å². The average molecular weight is 284 g/mol. The Balaban J connectivity index is 1.78. The molecule has 6 heteroatoms. The third-order valence-electron chi connectivity index (χ3n) is 2.69. The normalized spacial score (nSPS) is 10.6. The molecule has 0 spiro atoms. The summed E-state index contributed by atoms with van der Waals surface area (Å²) in [5.74, 6) is 0.624. The average Bonchev–Trinajstić information content (AvgIpc) is 2.88. The van der Waals surface area contributed by atoms with E-state index < -0.39 is 0 Å². The monoisotopic (exact) mass is 284 g/mol. The van der Waals surface area contributed by atoms with E-state index in [9.17, 15) is 4.79 Å². The molecule has 0 fully saturated rings. The topological polar surface area (TPSA) is 63.6 Å². The van der Waals surface area contributed by atoms with Crippen molar-refractivity contribution in [2.45, 2.75) is 10.9 Å². The van der Waals surface area contributed by atoms with Gasteiger partial charge >= 0.3 is 0 Å². The minimum Gasteiger partial charge on any atom is -0.294 e. The first-order valence-electron chi connectivity index (χ1n) is 6.09. The van der Waals surface area contributed by atoms with E-state index in [1.54, 1.807) is 24.5 Å². The molecular formula is C14H12N4OS. The van der Waals surface area contributed by atoms with Crippen molar-refractivity contribution in [3.8, 4) is 5.69 Å². The smallest absolute Gasteiger partial charge is 0.271 e. The van der Waals surface area contributed by atoms with E-state index in [1.807, 2.05) is 30.3 Å². The standard InChI is InChI=1S/C14H12N4OS/c19-13-9-11(10-20-14-15-7-4-8-16-14)17-18(13)12-5-2-1-3-6-12/h1-9,17H,10H2. The molecule has 1 N–H and O–H groups in total. The molecule has 2 aromatic heterocycles. The number of nitrogens with one attached hydrogen (secondary N) is 1. The van der Waals surface area contributed by atoms with E-state index >= 15 is 0 Å². The fraction of sp³-hybridized carbons (Fsp3) is 0.0714. The lowest BCUT2D eigenvalue weighted by Gasteiger charge is -2.01. The molecular weight excluding hydrogens is 272 g/mol. The number of para-hydroxylation sites is 1. The molecule has 0 saturated heterocycles. The Morgan fingerprint density at radius 3 is 2.60 bits per heavy atom. The molecule has 0 atom stereocenters. The largest absolute Gasteiger partial charge is 0.294 e. The van der Waals surface area contributed by atoms with Crippen LogP contribution in [0.4, 0.5) is 0 Å². The molecule has 0 aliphatic carbocycles. The minimum atomic E-state index is -0.0687. The number of aromatic amines is 1. The summed E-state index contributed by atoms with van der Waals surface area (Å²) in [6.07, 6.45) is 3.40. The van der Waals surface area contributed by atoms with Gasteiger partial charge < -0.3 is 0 Å². The van der Waals surface area contributed by atoms with Crippen LogP contribution in [0, 0.1) is 0 Å². The van der Waals surface area contributed by atoms with Crippen LogP contribution in [0.3, 0.4) is 0 Å². The van der Waals surface area contributed by atoms with E-state index in [0.717, 1.165) is 11.4 Å². The summed E-state index contributed by atoms with van der Waals surface area (Å²) >= 11 is 1.49. The molecule has 1 aromatic carbocycles. The molecule has 0 saturated carbocycles. The molecule has 0 amide bonds. The van der Waals surface area contributed by atoms with Gasteiger partial charge in [-0.3, -0.25) is 9.89 Å². The predicted molar refractivity (Wildman–Crippen MR) is 78.0 cm³/mol. The first-order chi connectivity index (χ1) is 9.83. The van der Waals surface area contributed by atoms with Crippen molar-refractivity contribution >= 4 is 11.8 Å². The zero-order valence-electron chi connectivity index (χ0n) is 10.6. The van der Waals surface area contributed by atoms with Crippen molar-refractivity contribution in [2.75, 3.05) is 0 Å². The summed E-state index contributed by atoms with van der Waals surface area (Å²) in [4.78, 5) is 20.2. The molecule has 0 radical (unpaired) electrons. The zero-order chi connectivity index (χ0) is 13.8. The number of H-pyrrole nitrogens is 1. The third kappa shape index (κ3) is 2.80. The molecule has 0 unspecified atom stereocenters. The van der Waals surface area contributed by atoms with Crippen LogP contribution in [0.2, 0.25) is 0 Å². The summed E-state index contributed by atoms with van der Waals surface area (Å²) in [7, 11) is 0. The Morgan fingerprint density at radius 2 is 1.85 bits per heavy atom. The lowest BCUT2D eigenvalue weighted by Crippen LogP contribution is -2.12. The molecule has 3 rings (SSSR count). The SMILES string of the molecule is O=c1cc(CSc2ncccn2)[nH]n1-c1ccccc1. The third-order valence-corrected chi connectivity index (χ3v) is 3.61. The number of nitrogens with zero attached hydrogens (tertiary/aromatic N) is 3. The van der Waals surface area contributed by atoms with E-state index in [2.05, 4.69) is 15.1 Å². The molecule has 2 heterocycles. The molecule has 5 nitrogen and oxygen atoms in total. The maximum Gasteiger partial charge on any atom is 0.271 e. The highest BCUT2D eigenvalue weighted by Gasteiger charge is 2.06. The van der Waals surface area contributed by atoms with E-state index in [-0.39, 0.29) is 5.56 Å². The van der Waals surface area contributed by atoms with Crippen LogP contribution < -0.4 is 5.56 Å². The summed E-state index contributed by atoms with van der Waals surface area (Å²) in [6.45, 7) is 0. The molecule has 0 aliphatic rings. The van der Waals surface area contributed by atoms with E-state index in [4.69, 9.17) is 0 Å². The number of thioether (sulfide) groups is 1. The van der Waals surface area contributed by atoms with Gasteiger partial charge in [0.15, 0.2) is 5.16 Å². The second-order valence-corrected chi connectivity index (χ2v) is 5.05. The fourth-order valence-corrected chi connectivity index (χ4v) is 2.49. The first-order valence-corrected chi connectivity index (χ1v) is 7.08. The number of rotatable bonds is 4. The van der Waals surface area contributed by atoms with Gasteiger partial charge in [0.05, 0.1) is 5.69 Å². The quantitative estimate of drug-likeness (QED) is 0.589. The van der Waals surface area contributed by atoms with Crippen LogP contribution in [0.5, 0.6) is 0 Å². The van der Waals surface area contributed by atoms with Gasteiger partial charge in [0.2, 0.25) is 0 Å². The Labute approximate surface area is 119 Å². The minimum absolute atomic E-state index is 0.0687. The number of aromatic nitrogens is 4. The maximum absolute atomic E-state index is 11.9. The Morgan fingerprint density at radius 1 is 1.10 bits per heavy atom. The van der Waals surface area contributed by atoms with Gasteiger partial charge in [-0.25, -0.2) is 14.6 Å². The highest BCUT2D eigenvalue weighted by atomic mass is 32.2. The molecule has 0 bridgehead atoms. The summed E-state index contributed by atoms with van der Waals surface area (Å²) in [5, 5.41) is 3.79. The van der Waals surface area contributed by atoms with Crippen LogP contribution >= 0.6 is 11.8 Å². The Hall–Kier alpha value is -2.34. The number of benzene rings is 1. The van der Waals surface area contributed by atoms with Crippen LogP contribution in [0.25, 0.3) is 5.69 Å². The lowest BCUT2D eigenvalue weighted by molar-refractivity contribution is 0.832. The maximum atomic E-state index is 11.9. The van der Waals surface area contributed by atoms with Gasteiger partial charge in [-0.1, -0.05) is 30.0 Å². The van der Waals surface area contributed by atoms with Crippen molar-refractivity contribution in [3.05, 3.63) is 70.9 Å². The lowest BCUT2D eigenvalue weighted by atomic mass is 10.3. The van der Waals surface area contributed by atoms with Gasteiger partial charge in [-0.2, -0.15) is 0 Å². The van der Waals surface area contributed by atoms with E-state index in [1.165, 1.54) is 16.4 Å². The Bertz CT molecular complexity index is 737. The Kier molecular flexibility index (Phi) is 3.64.